The molecule has 3 aromatic carbocycles. The average molecular weight is 363 g/mol. The standard InChI is InChI=1S/C24H19N4/c1-28-23(19-8-4-2-5-9-19)16-21(17-24(28)20-10-6-3-7-11-20)18-12-14-22(15-13-18)26-27-25/h2-17H,1H3/q+1. The topological polar surface area (TPSA) is 52.6 Å². The molecule has 0 atom stereocenters. The summed E-state index contributed by atoms with van der Waals surface area (Å²) in [6.45, 7) is 0. The second kappa shape index (κ2) is 7.78. The molecule has 0 aliphatic heterocycles. The zero-order valence-corrected chi connectivity index (χ0v) is 15.5. The lowest BCUT2D eigenvalue weighted by atomic mass is 9.99. The predicted molar refractivity (Wildman–Crippen MR) is 113 cm³/mol. The molecule has 28 heavy (non-hydrogen) atoms. The highest BCUT2D eigenvalue weighted by Crippen LogP contribution is 2.29. The van der Waals surface area contributed by atoms with Crippen molar-refractivity contribution in [3.8, 4) is 33.6 Å². The van der Waals surface area contributed by atoms with Crippen molar-refractivity contribution in [3.05, 3.63) is 108 Å². The van der Waals surface area contributed by atoms with Crippen LogP contribution in [0.3, 0.4) is 0 Å². The van der Waals surface area contributed by atoms with Gasteiger partial charge in [-0.2, -0.15) is 4.57 Å². The highest BCUT2D eigenvalue weighted by molar-refractivity contribution is 5.74. The van der Waals surface area contributed by atoms with Gasteiger partial charge in [-0.25, -0.2) is 0 Å². The average Bonchev–Trinajstić information content (AvgIpc) is 2.76. The maximum absolute atomic E-state index is 8.62. The molecule has 0 saturated heterocycles. The first-order valence-corrected chi connectivity index (χ1v) is 9.07. The van der Waals surface area contributed by atoms with Crippen LogP contribution >= 0.6 is 0 Å². The van der Waals surface area contributed by atoms with E-state index >= 15 is 0 Å². The second-order valence-electron chi connectivity index (χ2n) is 6.54. The van der Waals surface area contributed by atoms with Gasteiger partial charge in [0.1, 0.15) is 7.05 Å². The Balaban J connectivity index is 1.92. The van der Waals surface area contributed by atoms with E-state index in [0.29, 0.717) is 5.69 Å². The third kappa shape index (κ3) is 3.50. The number of hydrogen-bond acceptors (Lipinski definition) is 1. The fourth-order valence-electron chi connectivity index (χ4n) is 3.37. The molecule has 0 aliphatic carbocycles. The molecule has 0 amide bonds. The third-order valence-corrected chi connectivity index (χ3v) is 4.81. The lowest BCUT2D eigenvalue weighted by molar-refractivity contribution is -0.649. The molecule has 4 rings (SSSR count). The van der Waals surface area contributed by atoms with E-state index in [2.05, 4.69) is 82.3 Å². The number of aromatic nitrogens is 1. The van der Waals surface area contributed by atoms with Crippen molar-refractivity contribution < 1.29 is 4.57 Å². The summed E-state index contributed by atoms with van der Waals surface area (Å²) >= 11 is 0. The molecule has 0 aliphatic rings. The summed E-state index contributed by atoms with van der Waals surface area (Å²) in [7, 11) is 2.10. The van der Waals surface area contributed by atoms with Crippen LogP contribution in [0.5, 0.6) is 0 Å². The SMILES string of the molecule is C[n+]1c(-c2ccccc2)cc(-c2ccc(N=[N+]=[N-])cc2)cc1-c1ccccc1. The van der Waals surface area contributed by atoms with Crippen LogP contribution in [0.4, 0.5) is 5.69 Å². The van der Waals surface area contributed by atoms with Crippen molar-refractivity contribution in [2.75, 3.05) is 0 Å². The van der Waals surface area contributed by atoms with Crippen LogP contribution in [0.25, 0.3) is 44.1 Å². The Morgan fingerprint density at radius 1 is 0.643 bits per heavy atom. The molecule has 0 saturated carbocycles. The van der Waals surface area contributed by atoms with Gasteiger partial charge in [-0.15, -0.1) is 0 Å². The van der Waals surface area contributed by atoms with E-state index in [1.807, 2.05) is 36.4 Å². The Labute approximate surface area is 164 Å². The lowest BCUT2D eigenvalue weighted by Gasteiger charge is -2.10. The second-order valence-corrected chi connectivity index (χ2v) is 6.54. The molecule has 0 bridgehead atoms. The Bertz CT molecular complexity index is 1080. The fourth-order valence-corrected chi connectivity index (χ4v) is 3.37. The highest BCUT2D eigenvalue weighted by Gasteiger charge is 2.19. The minimum atomic E-state index is 0.610. The smallest absolute Gasteiger partial charge is 0.194 e. The van der Waals surface area contributed by atoms with Crippen molar-refractivity contribution in [2.24, 2.45) is 12.2 Å². The molecule has 0 fully saturated rings. The van der Waals surface area contributed by atoms with Gasteiger partial charge in [-0.1, -0.05) is 65.8 Å². The van der Waals surface area contributed by atoms with E-state index in [4.69, 9.17) is 5.53 Å². The van der Waals surface area contributed by atoms with E-state index in [0.717, 1.165) is 33.6 Å². The summed E-state index contributed by atoms with van der Waals surface area (Å²) in [4.78, 5) is 2.85. The number of azide groups is 1. The van der Waals surface area contributed by atoms with Gasteiger partial charge < -0.3 is 0 Å². The van der Waals surface area contributed by atoms with E-state index in [9.17, 15) is 0 Å². The number of nitrogens with zero attached hydrogens (tertiary/aromatic N) is 4. The minimum absolute atomic E-state index is 0.610. The molecule has 4 nitrogen and oxygen atoms in total. The van der Waals surface area contributed by atoms with Gasteiger partial charge in [0.25, 0.3) is 0 Å². The maximum Gasteiger partial charge on any atom is 0.213 e. The Morgan fingerprint density at radius 2 is 1.14 bits per heavy atom. The first kappa shape index (κ1) is 17.5. The lowest BCUT2D eigenvalue weighted by Crippen LogP contribution is -2.34. The summed E-state index contributed by atoms with van der Waals surface area (Å²) in [5.74, 6) is 0. The van der Waals surface area contributed by atoms with Gasteiger partial charge in [-0.3, -0.25) is 0 Å². The summed E-state index contributed by atoms with van der Waals surface area (Å²) < 4.78 is 2.22. The van der Waals surface area contributed by atoms with Crippen LogP contribution in [-0.4, -0.2) is 0 Å². The normalized spacial score (nSPS) is 10.3. The third-order valence-electron chi connectivity index (χ3n) is 4.81. The van der Waals surface area contributed by atoms with Crippen LogP contribution in [0.2, 0.25) is 0 Å². The first-order valence-electron chi connectivity index (χ1n) is 9.07. The molecule has 4 heteroatoms. The predicted octanol–water partition coefficient (Wildman–Crippen LogP) is 6.45. The minimum Gasteiger partial charge on any atom is -0.194 e. The van der Waals surface area contributed by atoms with Crippen LogP contribution < -0.4 is 4.57 Å². The van der Waals surface area contributed by atoms with E-state index < -0.39 is 0 Å². The van der Waals surface area contributed by atoms with Crippen LogP contribution in [0.15, 0.2) is 102 Å². The van der Waals surface area contributed by atoms with Gasteiger partial charge in [0.15, 0.2) is 0 Å². The number of rotatable bonds is 4. The summed E-state index contributed by atoms with van der Waals surface area (Å²) in [6.07, 6.45) is 0. The molecular formula is C24H19N4+. The molecule has 134 valence electrons. The molecule has 1 aromatic heterocycles. The van der Waals surface area contributed by atoms with Gasteiger partial charge in [0, 0.05) is 33.9 Å². The van der Waals surface area contributed by atoms with Crippen molar-refractivity contribution in [1.82, 2.24) is 0 Å². The van der Waals surface area contributed by atoms with Crippen molar-refractivity contribution >= 4 is 5.69 Å². The fraction of sp³-hybridized carbons (Fsp3) is 0.0417. The van der Waals surface area contributed by atoms with E-state index in [1.54, 1.807) is 0 Å². The molecular weight excluding hydrogens is 344 g/mol. The zero-order chi connectivity index (χ0) is 19.3. The van der Waals surface area contributed by atoms with Crippen LogP contribution in [0.1, 0.15) is 0 Å². The molecule has 0 N–H and O–H groups in total. The highest BCUT2D eigenvalue weighted by atomic mass is 15.1. The Hall–Kier alpha value is -3.88. The summed E-state index contributed by atoms with van der Waals surface area (Å²) in [6, 6.07) is 32.8. The molecule has 0 radical (unpaired) electrons. The molecule has 1 heterocycles. The van der Waals surface area contributed by atoms with Crippen LogP contribution in [0, 0.1) is 0 Å². The monoisotopic (exact) mass is 363 g/mol. The van der Waals surface area contributed by atoms with Gasteiger partial charge >= 0.3 is 0 Å². The molecule has 0 spiro atoms. The number of pyridine rings is 1. The Kier molecular flexibility index (Phi) is 4.87. The van der Waals surface area contributed by atoms with Gasteiger partial charge in [0.05, 0.1) is 0 Å². The quantitative estimate of drug-likeness (QED) is 0.173. The van der Waals surface area contributed by atoms with E-state index in [-0.39, 0.29) is 0 Å². The van der Waals surface area contributed by atoms with E-state index in [1.165, 1.54) is 0 Å². The summed E-state index contributed by atoms with van der Waals surface area (Å²) in [5.41, 5.74) is 16.0. The largest absolute Gasteiger partial charge is 0.213 e. The number of hydrogen-bond donors (Lipinski definition) is 0. The number of benzene rings is 3. The van der Waals surface area contributed by atoms with Crippen molar-refractivity contribution in [3.63, 3.8) is 0 Å². The van der Waals surface area contributed by atoms with Crippen molar-refractivity contribution in [1.29, 1.82) is 0 Å². The Morgan fingerprint density at radius 3 is 1.61 bits per heavy atom. The summed E-state index contributed by atoms with van der Waals surface area (Å²) in [5, 5.41) is 3.66. The van der Waals surface area contributed by atoms with Gasteiger partial charge in [-0.05, 0) is 40.9 Å². The van der Waals surface area contributed by atoms with Gasteiger partial charge in [0.2, 0.25) is 11.4 Å². The zero-order valence-electron chi connectivity index (χ0n) is 15.5. The van der Waals surface area contributed by atoms with Crippen molar-refractivity contribution in [2.45, 2.75) is 0 Å². The molecule has 4 aromatic rings. The first-order chi connectivity index (χ1) is 13.8. The molecule has 0 unspecified atom stereocenters. The maximum atomic E-state index is 8.62. The van der Waals surface area contributed by atoms with Crippen LogP contribution in [-0.2, 0) is 7.05 Å².